The summed E-state index contributed by atoms with van der Waals surface area (Å²) in [6, 6.07) is 5.36. The van der Waals surface area contributed by atoms with Crippen LogP contribution in [0, 0.1) is 6.92 Å². The Kier molecular flexibility index (Phi) is 6.16. The van der Waals surface area contributed by atoms with E-state index in [9.17, 15) is 4.79 Å². The van der Waals surface area contributed by atoms with E-state index in [1.165, 1.54) is 0 Å². The van der Waals surface area contributed by atoms with Crippen LogP contribution in [0.5, 0.6) is 0 Å². The van der Waals surface area contributed by atoms with Crippen LogP contribution in [0.1, 0.15) is 42.1 Å². The number of carbonyl (C=O) groups excluding carboxylic acids is 1. The highest BCUT2D eigenvalue weighted by Gasteiger charge is 2.14. The van der Waals surface area contributed by atoms with E-state index >= 15 is 0 Å². The molecule has 0 spiro atoms. The number of nitrogens with two attached hydrogens (primary N) is 1. The van der Waals surface area contributed by atoms with E-state index in [0.717, 1.165) is 24.8 Å². The standard InChI is InChI=1S/C14H21ClN2O/c1-3-4-5-12(9-16)17-14(18)13-8-11(15)7-6-10(13)2/h6-8,12H,3-5,9,16H2,1-2H3,(H,17,18). The molecule has 0 aromatic heterocycles. The number of aryl methyl sites for hydroxylation is 1. The topological polar surface area (TPSA) is 55.1 Å². The highest BCUT2D eigenvalue weighted by Crippen LogP contribution is 2.15. The number of halogens is 1. The zero-order chi connectivity index (χ0) is 13.5. The zero-order valence-corrected chi connectivity index (χ0v) is 11.8. The summed E-state index contributed by atoms with van der Waals surface area (Å²) in [6.07, 6.45) is 3.08. The predicted octanol–water partition coefficient (Wildman–Crippen LogP) is 2.90. The predicted molar refractivity (Wildman–Crippen MR) is 76.0 cm³/mol. The first-order valence-electron chi connectivity index (χ1n) is 6.35. The van der Waals surface area contributed by atoms with Gasteiger partial charge in [0.2, 0.25) is 0 Å². The van der Waals surface area contributed by atoms with Crippen molar-refractivity contribution in [3.05, 3.63) is 34.3 Å². The van der Waals surface area contributed by atoms with Gasteiger partial charge in [-0.3, -0.25) is 4.79 Å². The Balaban J connectivity index is 2.71. The molecule has 0 saturated carbocycles. The maximum absolute atomic E-state index is 12.1. The van der Waals surface area contributed by atoms with Crippen molar-refractivity contribution in [1.29, 1.82) is 0 Å². The third-order valence-corrected chi connectivity index (χ3v) is 3.21. The van der Waals surface area contributed by atoms with Crippen molar-refractivity contribution < 1.29 is 4.79 Å². The molecular formula is C14H21ClN2O. The summed E-state index contributed by atoms with van der Waals surface area (Å²) in [6.45, 7) is 4.48. The van der Waals surface area contributed by atoms with Crippen LogP contribution in [0.15, 0.2) is 18.2 Å². The van der Waals surface area contributed by atoms with Gasteiger partial charge >= 0.3 is 0 Å². The van der Waals surface area contributed by atoms with Crippen LogP contribution in [0.25, 0.3) is 0 Å². The number of hydrogen-bond acceptors (Lipinski definition) is 2. The van der Waals surface area contributed by atoms with Gasteiger partial charge in [0.1, 0.15) is 0 Å². The Morgan fingerprint density at radius 3 is 2.83 bits per heavy atom. The molecule has 100 valence electrons. The van der Waals surface area contributed by atoms with E-state index < -0.39 is 0 Å². The fourth-order valence-electron chi connectivity index (χ4n) is 1.80. The molecule has 3 N–H and O–H groups in total. The second-order valence-electron chi connectivity index (χ2n) is 4.51. The van der Waals surface area contributed by atoms with Crippen LogP contribution >= 0.6 is 11.6 Å². The second kappa shape index (κ2) is 7.39. The molecule has 1 aromatic rings. The number of benzene rings is 1. The summed E-state index contributed by atoms with van der Waals surface area (Å²) in [5.41, 5.74) is 7.21. The third kappa shape index (κ3) is 4.31. The molecule has 0 aliphatic heterocycles. The molecule has 1 unspecified atom stereocenters. The SMILES string of the molecule is CCCCC(CN)NC(=O)c1cc(Cl)ccc1C. The van der Waals surface area contributed by atoms with Gasteiger partial charge in [0.05, 0.1) is 0 Å². The van der Waals surface area contributed by atoms with Crippen LogP contribution < -0.4 is 11.1 Å². The minimum Gasteiger partial charge on any atom is -0.348 e. The summed E-state index contributed by atoms with van der Waals surface area (Å²) in [7, 11) is 0. The Hall–Kier alpha value is -1.06. The molecule has 0 bridgehead atoms. The fourth-order valence-corrected chi connectivity index (χ4v) is 1.97. The maximum atomic E-state index is 12.1. The number of amides is 1. The molecule has 1 rings (SSSR count). The lowest BCUT2D eigenvalue weighted by Gasteiger charge is -2.17. The molecule has 0 radical (unpaired) electrons. The first kappa shape index (κ1) is 15.0. The number of unbranched alkanes of at least 4 members (excludes halogenated alkanes) is 1. The molecule has 0 saturated heterocycles. The molecule has 4 heteroatoms. The van der Waals surface area contributed by atoms with Crippen LogP contribution in [-0.2, 0) is 0 Å². The fraction of sp³-hybridized carbons (Fsp3) is 0.500. The normalized spacial score (nSPS) is 12.2. The average Bonchev–Trinajstić information content (AvgIpc) is 2.37. The van der Waals surface area contributed by atoms with Gasteiger partial charge in [0, 0.05) is 23.2 Å². The number of nitrogens with one attached hydrogen (secondary N) is 1. The van der Waals surface area contributed by atoms with Crippen molar-refractivity contribution >= 4 is 17.5 Å². The van der Waals surface area contributed by atoms with Crippen molar-refractivity contribution in [2.75, 3.05) is 6.54 Å². The highest BCUT2D eigenvalue weighted by molar-refractivity contribution is 6.31. The molecular weight excluding hydrogens is 248 g/mol. The summed E-state index contributed by atoms with van der Waals surface area (Å²) in [5, 5.41) is 3.54. The molecule has 0 heterocycles. The van der Waals surface area contributed by atoms with E-state index in [2.05, 4.69) is 12.2 Å². The van der Waals surface area contributed by atoms with Crippen molar-refractivity contribution in [3.63, 3.8) is 0 Å². The molecule has 0 fully saturated rings. The quantitative estimate of drug-likeness (QED) is 0.834. The van der Waals surface area contributed by atoms with Crippen LogP contribution in [0.4, 0.5) is 0 Å². The number of hydrogen-bond donors (Lipinski definition) is 2. The summed E-state index contributed by atoms with van der Waals surface area (Å²) in [4.78, 5) is 12.1. The zero-order valence-electron chi connectivity index (χ0n) is 11.0. The van der Waals surface area contributed by atoms with Gasteiger partial charge in [-0.1, -0.05) is 37.4 Å². The first-order chi connectivity index (χ1) is 8.58. The lowest BCUT2D eigenvalue weighted by atomic mass is 10.1. The van der Waals surface area contributed by atoms with Gasteiger partial charge in [0.15, 0.2) is 0 Å². The van der Waals surface area contributed by atoms with Crippen molar-refractivity contribution in [3.8, 4) is 0 Å². The Morgan fingerprint density at radius 2 is 2.22 bits per heavy atom. The Bertz CT molecular complexity index is 407. The van der Waals surface area contributed by atoms with Gasteiger partial charge in [-0.05, 0) is 31.0 Å². The van der Waals surface area contributed by atoms with Crippen LogP contribution in [-0.4, -0.2) is 18.5 Å². The largest absolute Gasteiger partial charge is 0.348 e. The summed E-state index contributed by atoms with van der Waals surface area (Å²) < 4.78 is 0. The minimum atomic E-state index is -0.0958. The third-order valence-electron chi connectivity index (χ3n) is 2.97. The van der Waals surface area contributed by atoms with E-state index in [4.69, 9.17) is 17.3 Å². The van der Waals surface area contributed by atoms with Crippen molar-refractivity contribution in [2.45, 2.75) is 39.2 Å². The van der Waals surface area contributed by atoms with Crippen molar-refractivity contribution in [1.82, 2.24) is 5.32 Å². The minimum absolute atomic E-state index is 0.0378. The maximum Gasteiger partial charge on any atom is 0.251 e. The van der Waals surface area contributed by atoms with Gasteiger partial charge < -0.3 is 11.1 Å². The molecule has 0 aliphatic carbocycles. The van der Waals surface area contributed by atoms with Crippen LogP contribution in [0.3, 0.4) is 0 Å². The smallest absolute Gasteiger partial charge is 0.251 e. The molecule has 1 amide bonds. The second-order valence-corrected chi connectivity index (χ2v) is 4.94. The van der Waals surface area contributed by atoms with Gasteiger partial charge in [-0.25, -0.2) is 0 Å². The van der Waals surface area contributed by atoms with E-state index in [1.807, 2.05) is 13.0 Å². The molecule has 3 nitrogen and oxygen atoms in total. The first-order valence-corrected chi connectivity index (χ1v) is 6.73. The molecule has 1 aromatic carbocycles. The monoisotopic (exact) mass is 268 g/mol. The summed E-state index contributed by atoms with van der Waals surface area (Å²) >= 11 is 5.91. The van der Waals surface area contributed by atoms with E-state index in [1.54, 1.807) is 12.1 Å². The number of carbonyl (C=O) groups is 1. The Labute approximate surface area is 114 Å². The summed E-state index contributed by atoms with van der Waals surface area (Å²) in [5.74, 6) is -0.0958. The van der Waals surface area contributed by atoms with E-state index in [0.29, 0.717) is 17.1 Å². The molecule has 0 aliphatic rings. The number of rotatable bonds is 6. The van der Waals surface area contributed by atoms with Crippen LogP contribution in [0.2, 0.25) is 5.02 Å². The molecule has 1 atom stereocenters. The Morgan fingerprint density at radius 1 is 1.50 bits per heavy atom. The van der Waals surface area contributed by atoms with Gasteiger partial charge in [-0.2, -0.15) is 0 Å². The van der Waals surface area contributed by atoms with Gasteiger partial charge in [0.25, 0.3) is 5.91 Å². The van der Waals surface area contributed by atoms with E-state index in [-0.39, 0.29) is 11.9 Å². The van der Waals surface area contributed by atoms with Gasteiger partial charge in [-0.15, -0.1) is 0 Å². The molecule has 18 heavy (non-hydrogen) atoms. The lowest BCUT2D eigenvalue weighted by Crippen LogP contribution is -2.40. The van der Waals surface area contributed by atoms with Crippen molar-refractivity contribution in [2.24, 2.45) is 5.73 Å². The highest BCUT2D eigenvalue weighted by atomic mass is 35.5. The lowest BCUT2D eigenvalue weighted by molar-refractivity contribution is 0.0935. The average molecular weight is 269 g/mol.